The molecule has 0 aliphatic heterocycles. The predicted octanol–water partition coefficient (Wildman–Crippen LogP) is 4.44. The number of aromatic nitrogens is 4. The standard InChI is InChI=1S/C23H18N4O3/c1-14-21-16(23(28)29-13-20-24-17-10-6-7-11-19(17)30-20)12-18(15-8-4-3-5-9-15)25-22(21)27(2)26-14/h3-12H,13H2,1-2H3. The van der Waals surface area contributed by atoms with Gasteiger partial charge in [-0.05, 0) is 25.1 Å². The molecule has 0 fully saturated rings. The van der Waals surface area contributed by atoms with Crippen LogP contribution in [0.3, 0.4) is 0 Å². The smallest absolute Gasteiger partial charge is 0.339 e. The van der Waals surface area contributed by atoms with Crippen LogP contribution in [0, 0.1) is 6.92 Å². The lowest BCUT2D eigenvalue weighted by molar-refractivity contribution is 0.0442. The van der Waals surface area contributed by atoms with E-state index < -0.39 is 5.97 Å². The van der Waals surface area contributed by atoms with Crippen LogP contribution in [0.5, 0.6) is 0 Å². The van der Waals surface area contributed by atoms with Crippen molar-refractivity contribution < 1.29 is 13.9 Å². The van der Waals surface area contributed by atoms with E-state index in [1.165, 1.54) is 0 Å². The van der Waals surface area contributed by atoms with Gasteiger partial charge in [-0.1, -0.05) is 42.5 Å². The highest BCUT2D eigenvalue weighted by Gasteiger charge is 2.21. The molecule has 0 N–H and O–H groups in total. The van der Waals surface area contributed by atoms with Crippen LogP contribution < -0.4 is 0 Å². The molecular formula is C23H18N4O3. The van der Waals surface area contributed by atoms with E-state index in [1.54, 1.807) is 10.7 Å². The predicted molar refractivity (Wildman–Crippen MR) is 112 cm³/mol. The fraction of sp³-hybridized carbons (Fsp3) is 0.130. The third kappa shape index (κ3) is 3.10. The first-order valence-electron chi connectivity index (χ1n) is 9.51. The summed E-state index contributed by atoms with van der Waals surface area (Å²) < 4.78 is 12.9. The molecule has 0 saturated carbocycles. The summed E-state index contributed by atoms with van der Waals surface area (Å²) in [6, 6.07) is 18.9. The van der Waals surface area contributed by atoms with E-state index in [0.29, 0.717) is 39.5 Å². The lowest BCUT2D eigenvalue weighted by atomic mass is 10.1. The quantitative estimate of drug-likeness (QED) is 0.416. The Bertz CT molecular complexity index is 1350. The molecule has 3 heterocycles. The Hall–Kier alpha value is -4.00. The molecule has 0 bridgehead atoms. The summed E-state index contributed by atoms with van der Waals surface area (Å²) in [5, 5.41) is 5.11. The molecule has 0 aliphatic rings. The first-order chi connectivity index (χ1) is 14.6. The van der Waals surface area contributed by atoms with Gasteiger partial charge in [0.25, 0.3) is 0 Å². The summed E-state index contributed by atoms with van der Waals surface area (Å²) in [5.41, 5.74) is 4.73. The SMILES string of the molecule is Cc1nn(C)c2nc(-c3ccccc3)cc(C(=O)OCc3nc4ccccc4o3)c12. The fourth-order valence-corrected chi connectivity index (χ4v) is 3.55. The van der Waals surface area contributed by atoms with Crippen LogP contribution in [0.1, 0.15) is 21.9 Å². The van der Waals surface area contributed by atoms with Crippen molar-refractivity contribution in [1.82, 2.24) is 19.7 Å². The van der Waals surface area contributed by atoms with Gasteiger partial charge in [-0.15, -0.1) is 0 Å². The van der Waals surface area contributed by atoms with Crippen LogP contribution in [-0.2, 0) is 18.4 Å². The maximum atomic E-state index is 13.0. The number of para-hydroxylation sites is 2. The zero-order valence-corrected chi connectivity index (χ0v) is 16.5. The molecule has 30 heavy (non-hydrogen) atoms. The average Bonchev–Trinajstić information content (AvgIpc) is 3.32. The highest BCUT2D eigenvalue weighted by molar-refractivity contribution is 6.05. The molecule has 7 nitrogen and oxygen atoms in total. The second kappa shape index (κ2) is 7.11. The van der Waals surface area contributed by atoms with Gasteiger partial charge in [0.15, 0.2) is 17.8 Å². The summed E-state index contributed by atoms with van der Waals surface area (Å²) in [5.74, 6) is -0.126. The molecule has 0 saturated heterocycles. The largest absolute Gasteiger partial charge is 0.452 e. The molecule has 2 aromatic carbocycles. The number of carbonyl (C=O) groups is 1. The number of hydrogen-bond donors (Lipinski definition) is 0. The van der Waals surface area contributed by atoms with Crippen molar-refractivity contribution in [2.45, 2.75) is 13.5 Å². The Labute approximate surface area is 171 Å². The summed E-state index contributed by atoms with van der Waals surface area (Å²) in [4.78, 5) is 22.1. The van der Waals surface area contributed by atoms with E-state index >= 15 is 0 Å². The topological polar surface area (TPSA) is 83.0 Å². The molecule has 0 radical (unpaired) electrons. The van der Waals surface area contributed by atoms with E-state index in [0.717, 1.165) is 11.1 Å². The average molecular weight is 398 g/mol. The second-order valence-corrected chi connectivity index (χ2v) is 6.98. The summed E-state index contributed by atoms with van der Waals surface area (Å²) in [6.45, 7) is 1.79. The van der Waals surface area contributed by atoms with Crippen LogP contribution in [0.25, 0.3) is 33.4 Å². The molecule has 148 valence electrons. The van der Waals surface area contributed by atoms with Gasteiger partial charge in [0, 0.05) is 12.6 Å². The monoisotopic (exact) mass is 398 g/mol. The molecule has 5 aromatic rings. The normalized spacial score (nSPS) is 11.3. The number of fused-ring (bicyclic) bond motifs is 2. The minimum absolute atomic E-state index is 0.0582. The van der Waals surface area contributed by atoms with Gasteiger partial charge < -0.3 is 9.15 Å². The van der Waals surface area contributed by atoms with Crippen LogP contribution in [0.2, 0.25) is 0 Å². The number of hydrogen-bond acceptors (Lipinski definition) is 6. The maximum Gasteiger partial charge on any atom is 0.339 e. The lowest BCUT2D eigenvalue weighted by Crippen LogP contribution is -2.08. The minimum atomic E-state index is -0.474. The van der Waals surface area contributed by atoms with Crippen molar-refractivity contribution in [3.63, 3.8) is 0 Å². The molecule has 0 unspecified atom stereocenters. The van der Waals surface area contributed by atoms with Crippen molar-refractivity contribution in [3.05, 3.63) is 77.8 Å². The van der Waals surface area contributed by atoms with E-state index in [2.05, 4.69) is 10.1 Å². The van der Waals surface area contributed by atoms with Gasteiger partial charge in [0.05, 0.1) is 22.3 Å². The van der Waals surface area contributed by atoms with Crippen LogP contribution in [0.15, 0.2) is 65.1 Å². The van der Waals surface area contributed by atoms with E-state index in [4.69, 9.17) is 14.1 Å². The number of carbonyl (C=O) groups excluding carboxylic acids is 1. The van der Waals surface area contributed by atoms with Crippen LogP contribution >= 0.6 is 0 Å². The molecule has 0 atom stereocenters. The van der Waals surface area contributed by atoms with Gasteiger partial charge in [-0.2, -0.15) is 5.10 Å². The zero-order chi connectivity index (χ0) is 20.7. The van der Waals surface area contributed by atoms with Crippen molar-refractivity contribution in [2.24, 2.45) is 7.05 Å². The lowest BCUT2D eigenvalue weighted by Gasteiger charge is -2.08. The van der Waals surface area contributed by atoms with Crippen molar-refractivity contribution in [1.29, 1.82) is 0 Å². The van der Waals surface area contributed by atoms with Crippen molar-refractivity contribution in [3.8, 4) is 11.3 Å². The molecule has 0 amide bonds. The Balaban J connectivity index is 1.52. The first kappa shape index (κ1) is 18.1. The van der Waals surface area contributed by atoms with Crippen LogP contribution in [-0.4, -0.2) is 25.7 Å². The molecule has 0 aliphatic carbocycles. The zero-order valence-electron chi connectivity index (χ0n) is 16.5. The van der Waals surface area contributed by atoms with Gasteiger partial charge in [-0.25, -0.2) is 14.8 Å². The Kier molecular flexibility index (Phi) is 4.28. The van der Waals surface area contributed by atoms with Gasteiger partial charge in [0.2, 0.25) is 5.89 Å². The van der Waals surface area contributed by atoms with Crippen LogP contribution in [0.4, 0.5) is 0 Å². The van der Waals surface area contributed by atoms with E-state index in [1.807, 2.05) is 68.6 Å². The minimum Gasteiger partial charge on any atom is -0.452 e. The number of aryl methyl sites for hydroxylation is 2. The molecule has 7 heteroatoms. The highest BCUT2D eigenvalue weighted by atomic mass is 16.5. The maximum absolute atomic E-state index is 13.0. The summed E-state index contributed by atoms with van der Waals surface area (Å²) in [6.07, 6.45) is 0. The Morgan fingerprint density at radius 3 is 2.63 bits per heavy atom. The summed E-state index contributed by atoms with van der Waals surface area (Å²) >= 11 is 0. The van der Waals surface area contributed by atoms with E-state index in [-0.39, 0.29) is 6.61 Å². The number of benzene rings is 2. The molecule has 5 rings (SSSR count). The Morgan fingerprint density at radius 2 is 1.83 bits per heavy atom. The molecule has 0 spiro atoms. The number of nitrogens with zero attached hydrogens (tertiary/aromatic N) is 4. The first-order valence-corrected chi connectivity index (χ1v) is 9.51. The number of ether oxygens (including phenoxy) is 1. The van der Waals surface area contributed by atoms with Crippen molar-refractivity contribution in [2.75, 3.05) is 0 Å². The fourth-order valence-electron chi connectivity index (χ4n) is 3.55. The number of esters is 1. The highest BCUT2D eigenvalue weighted by Crippen LogP contribution is 2.27. The number of oxazole rings is 1. The summed E-state index contributed by atoms with van der Waals surface area (Å²) in [7, 11) is 1.81. The Morgan fingerprint density at radius 1 is 1.07 bits per heavy atom. The molecular weight excluding hydrogens is 380 g/mol. The third-order valence-electron chi connectivity index (χ3n) is 4.92. The van der Waals surface area contributed by atoms with Gasteiger partial charge in [0.1, 0.15) is 5.52 Å². The van der Waals surface area contributed by atoms with Gasteiger partial charge >= 0.3 is 5.97 Å². The third-order valence-corrected chi connectivity index (χ3v) is 4.92. The number of rotatable bonds is 4. The van der Waals surface area contributed by atoms with Gasteiger partial charge in [-0.3, -0.25) is 4.68 Å². The van der Waals surface area contributed by atoms with E-state index in [9.17, 15) is 4.79 Å². The molecule has 3 aromatic heterocycles. The van der Waals surface area contributed by atoms with Crippen molar-refractivity contribution >= 4 is 28.1 Å². The second-order valence-electron chi connectivity index (χ2n) is 6.98. The number of pyridine rings is 1.